The number of thioether (sulfide) groups is 1. The lowest BCUT2D eigenvalue weighted by Crippen LogP contribution is -2.17. The third-order valence-electron chi connectivity index (χ3n) is 4.27. The molecule has 132 valence electrons. The van der Waals surface area contributed by atoms with E-state index in [1.54, 1.807) is 6.08 Å². The van der Waals surface area contributed by atoms with Crippen LogP contribution in [0.1, 0.15) is 36.7 Å². The molecule has 1 fully saturated rings. The van der Waals surface area contributed by atoms with Crippen molar-refractivity contribution in [2.75, 3.05) is 18.0 Å². The molecule has 3 rings (SSSR count). The van der Waals surface area contributed by atoms with E-state index >= 15 is 0 Å². The SMILES string of the molecule is CCc1nc(S/C(=C/c2ccc(N3CCCC3)cc2C)C(=O)O)n[nH]1. The van der Waals surface area contributed by atoms with Gasteiger partial charge in [0.1, 0.15) is 10.7 Å². The Morgan fingerprint density at radius 2 is 2.16 bits per heavy atom. The van der Waals surface area contributed by atoms with E-state index in [4.69, 9.17) is 0 Å². The largest absolute Gasteiger partial charge is 0.477 e. The highest BCUT2D eigenvalue weighted by molar-refractivity contribution is 8.04. The number of rotatable bonds is 6. The highest BCUT2D eigenvalue weighted by Crippen LogP contribution is 2.29. The number of nitrogens with zero attached hydrogens (tertiary/aromatic N) is 3. The van der Waals surface area contributed by atoms with Gasteiger partial charge in [-0.2, -0.15) is 0 Å². The number of aromatic nitrogens is 3. The van der Waals surface area contributed by atoms with E-state index in [0.717, 1.165) is 48.2 Å². The van der Waals surface area contributed by atoms with Crippen LogP contribution in [0.4, 0.5) is 5.69 Å². The Morgan fingerprint density at radius 3 is 2.76 bits per heavy atom. The summed E-state index contributed by atoms with van der Waals surface area (Å²) < 4.78 is 0. The molecule has 0 bridgehead atoms. The van der Waals surface area contributed by atoms with Crippen molar-refractivity contribution < 1.29 is 9.90 Å². The molecule has 1 aromatic carbocycles. The minimum atomic E-state index is -0.976. The van der Waals surface area contributed by atoms with Crippen molar-refractivity contribution in [3.63, 3.8) is 0 Å². The maximum absolute atomic E-state index is 11.6. The van der Waals surface area contributed by atoms with Gasteiger partial charge in [0, 0.05) is 25.2 Å². The molecule has 0 amide bonds. The molecule has 1 saturated heterocycles. The Labute approximate surface area is 151 Å². The number of anilines is 1. The summed E-state index contributed by atoms with van der Waals surface area (Å²) >= 11 is 1.06. The smallest absolute Gasteiger partial charge is 0.342 e. The Hall–Kier alpha value is -2.28. The summed E-state index contributed by atoms with van der Waals surface area (Å²) in [5.74, 6) is -0.228. The fourth-order valence-corrected chi connectivity index (χ4v) is 3.57. The summed E-state index contributed by atoms with van der Waals surface area (Å²) in [6.45, 7) is 6.16. The molecule has 0 saturated carbocycles. The van der Waals surface area contributed by atoms with Crippen LogP contribution in [0.25, 0.3) is 6.08 Å². The number of aliphatic carboxylic acids is 1. The molecule has 0 unspecified atom stereocenters. The molecule has 2 heterocycles. The fraction of sp³-hybridized carbons (Fsp3) is 0.389. The third kappa shape index (κ3) is 4.22. The first kappa shape index (κ1) is 17.5. The second-order valence-electron chi connectivity index (χ2n) is 6.07. The molecule has 2 aromatic rings. The first-order chi connectivity index (χ1) is 12.1. The predicted octanol–water partition coefficient (Wildman–Crippen LogP) is 3.49. The number of hydrogen-bond acceptors (Lipinski definition) is 5. The van der Waals surface area contributed by atoms with Crippen LogP contribution in [0.5, 0.6) is 0 Å². The van der Waals surface area contributed by atoms with Gasteiger partial charge in [0.2, 0.25) is 5.16 Å². The second kappa shape index (κ2) is 7.74. The van der Waals surface area contributed by atoms with Gasteiger partial charge in [0.25, 0.3) is 0 Å². The van der Waals surface area contributed by atoms with Crippen molar-refractivity contribution in [1.82, 2.24) is 15.2 Å². The average Bonchev–Trinajstić information content (AvgIpc) is 3.27. The number of nitrogens with one attached hydrogen (secondary N) is 1. The van der Waals surface area contributed by atoms with Gasteiger partial charge >= 0.3 is 5.97 Å². The highest BCUT2D eigenvalue weighted by Gasteiger charge is 2.16. The molecule has 2 N–H and O–H groups in total. The van der Waals surface area contributed by atoms with Crippen molar-refractivity contribution in [2.45, 2.75) is 38.3 Å². The van der Waals surface area contributed by atoms with Gasteiger partial charge in [-0.1, -0.05) is 13.0 Å². The number of carboxylic acid groups (broad SMARTS) is 1. The van der Waals surface area contributed by atoms with Gasteiger partial charge < -0.3 is 10.0 Å². The standard InChI is InChI=1S/C18H22N4O2S/c1-3-16-19-18(21-20-16)25-15(17(23)24)11-13-6-7-14(10-12(13)2)22-8-4-5-9-22/h6-7,10-11H,3-5,8-9H2,1-2H3,(H,23,24)(H,19,20,21)/b15-11+. The van der Waals surface area contributed by atoms with Crippen LogP contribution in [0.2, 0.25) is 0 Å². The number of aromatic amines is 1. The van der Waals surface area contributed by atoms with Crippen molar-refractivity contribution in [3.8, 4) is 0 Å². The maximum atomic E-state index is 11.6. The molecule has 0 aliphatic carbocycles. The molecule has 7 heteroatoms. The summed E-state index contributed by atoms with van der Waals surface area (Å²) in [6.07, 6.45) is 4.89. The number of aryl methyl sites for hydroxylation is 2. The van der Waals surface area contributed by atoms with E-state index < -0.39 is 5.97 Å². The quantitative estimate of drug-likeness (QED) is 0.608. The summed E-state index contributed by atoms with van der Waals surface area (Å²) in [7, 11) is 0. The summed E-state index contributed by atoms with van der Waals surface area (Å²) in [6, 6.07) is 6.18. The van der Waals surface area contributed by atoms with Gasteiger partial charge in [-0.3, -0.25) is 5.10 Å². The molecule has 1 aromatic heterocycles. The highest BCUT2D eigenvalue weighted by atomic mass is 32.2. The van der Waals surface area contributed by atoms with Crippen molar-refractivity contribution in [2.24, 2.45) is 0 Å². The summed E-state index contributed by atoms with van der Waals surface area (Å²) in [4.78, 5) is 18.5. The zero-order valence-electron chi connectivity index (χ0n) is 14.5. The zero-order chi connectivity index (χ0) is 17.8. The molecular weight excluding hydrogens is 336 g/mol. The number of carboxylic acids is 1. The van der Waals surface area contributed by atoms with Gasteiger partial charge in [0.15, 0.2) is 0 Å². The van der Waals surface area contributed by atoms with Crippen LogP contribution >= 0.6 is 11.8 Å². The molecule has 1 aliphatic heterocycles. The minimum Gasteiger partial charge on any atom is -0.477 e. The fourth-order valence-electron chi connectivity index (χ4n) is 2.85. The van der Waals surface area contributed by atoms with E-state index in [0.29, 0.717) is 5.16 Å². The van der Waals surface area contributed by atoms with Gasteiger partial charge in [-0.05, 0) is 60.9 Å². The van der Waals surface area contributed by atoms with E-state index in [9.17, 15) is 9.90 Å². The Morgan fingerprint density at radius 1 is 1.40 bits per heavy atom. The molecular formula is C18H22N4O2S. The number of hydrogen-bond donors (Lipinski definition) is 2. The normalized spacial score (nSPS) is 15.0. The predicted molar refractivity (Wildman–Crippen MR) is 99.9 cm³/mol. The first-order valence-electron chi connectivity index (χ1n) is 8.46. The first-order valence-corrected chi connectivity index (χ1v) is 9.28. The van der Waals surface area contributed by atoms with Gasteiger partial charge in [-0.15, -0.1) is 5.10 Å². The van der Waals surface area contributed by atoms with E-state index in [2.05, 4.69) is 32.2 Å². The number of H-pyrrole nitrogens is 1. The topological polar surface area (TPSA) is 82.1 Å². The molecule has 0 radical (unpaired) electrons. The average molecular weight is 358 g/mol. The van der Waals surface area contributed by atoms with Crippen LogP contribution in [-0.4, -0.2) is 39.3 Å². The summed E-state index contributed by atoms with van der Waals surface area (Å²) in [5, 5.41) is 16.8. The van der Waals surface area contributed by atoms with E-state index in [1.165, 1.54) is 18.5 Å². The Kier molecular flexibility index (Phi) is 5.43. The van der Waals surface area contributed by atoms with Crippen LogP contribution in [-0.2, 0) is 11.2 Å². The van der Waals surface area contributed by atoms with Crippen LogP contribution in [0.15, 0.2) is 28.3 Å². The molecule has 0 spiro atoms. The Balaban J connectivity index is 1.83. The number of benzene rings is 1. The van der Waals surface area contributed by atoms with E-state index in [1.807, 2.05) is 19.9 Å². The molecule has 6 nitrogen and oxygen atoms in total. The monoisotopic (exact) mass is 358 g/mol. The van der Waals surface area contributed by atoms with Crippen LogP contribution in [0, 0.1) is 6.92 Å². The number of carbonyl (C=O) groups is 1. The third-order valence-corrected chi connectivity index (χ3v) is 5.15. The zero-order valence-corrected chi connectivity index (χ0v) is 15.3. The van der Waals surface area contributed by atoms with Crippen molar-refractivity contribution in [1.29, 1.82) is 0 Å². The second-order valence-corrected chi connectivity index (χ2v) is 7.08. The lowest BCUT2D eigenvalue weighted by atomic mass is 10.1. The maximum Gasteiger partial charge on any atom is 0.342 e. The van der Waals surface area contributed by atoms with Gasteiger partial charge in [-0.25, -0.2) is 9.78 Å². The van der Waals surface area contributed by atoms with Gasteiger partial charge in [0.05, 0.1) is 0 Å². The molecule has 25 heavy (non-hydrogen) atoms. The van der Waals surface area contributed by atoms with Crippen molar-refractivity contribution >= 4 is 29.5 Å². The van der Waals surface area contributed by atoms with Crippen molar-refractivity contribution in [3.05, 3.63) is 40.1 Å². The van der Waals surface area contributed by atoms with Crippen LogP contribution < -0.4 is 4.90 Å². The lowest BCUT2D eigenvalue weighted by Gasteiger charge is -2.18. The lowest BCUT2D eigenvalue weighted by molar-refractivity contribution is -0.131. The van der Waals surface area contributed by atoms with E-state index in [-0.39, 0.29) is 4.91 Å². The Bertz CT molecular complexity index is 794. The van der Waals surface area contributed by atoms with Crippen LogP contribution in [0.3, 0.4) is 0 Å². The molecule has 1 aliphatic rings. The molecule has 0 atom stereocenters. The minimum absolute atomic E-state index is 0.207. The summed E-state index contributed by atoms with van der Waals surface area (Å²) in [5.41, 5.74) is 3.17.